The summed E-state index contributed by atoms with van der Waals surface area (Å²) in [6, 6.07) is 0.342. The molecule has 0 spiro atoms. The molecule has 2 rings (SSSR count). The fraction of sp³-hybridized carbons (Fsp3) is 0.750. The van der Waals surface area contributed by atoms with Crippen molar-refractivity contribution in [3.05, 3.63) is 12.2 Å². The lowest BCUT2D eigenvalue weighted by Crippen LogP contribution is -2.34. The van der Waals surface area contributed by atoms with Gasteiger partial charge in [-0.2, -0.15) is 0 Å². The van der Waals surface area contributed by atoms with Gasteiger partial charge in [-0.05, 0) is 45.4 Å². The second-order valence-corrected chi connectivity index (χ2v) is 5.44. The monoisotopic (exact) mass is 209 g/mol. The van der Waals surface area contributed by atoms with Crippen LogP contribution in [0.25, 0.3) is 0 Å². The summed E-state index contributed by atoms with van der Waals surface area (Å²) < 4.78 is 5.22. The van der Waals surface area contributed by atoms with E-state index in [2.05, 4.69) is 17.5 Å². The van der Waals surface area contributed by atoms with Gasteiger partial charge in [-0.1, -0.05) is 12.2 Å². The van der Waals surface area contributed by atoms with Gasteiger partial charge in [0, 0.05) is 6.04 Å². The fourth-order valence-electron chi connectivity index (χ4n) is 2.25. The molecule has 2 aliphatic rings. The van der Waals surface area contributed by atoms with Crippen LogP contribution >= 0.6 is 0 Å². The molecule has 1 fully saturated rings. The van der Waals surface area contributed by atoms with Crippen LogP contribution in [0.2, 0.25) is 0 Å². The largest absolute Gasteiger partial charge is 0.444 e. The first-order chi connectivity index (χ1) is 6.97. The number of hydrogen-bond acceptors (Lipinski definition) is 2. The van der Waals surface area contributed by atoms with Crippen molar-refractivity contribution < 1.29 is 9.53 Å². The molecule has 0 aliphatic heterocycles. The standard InChI is InChI=1S/C12H19NO2/c1-12(2,3)15-11(14)13-10-8-6-4-5-7-9(8)10/h4-5,8-10H,6-7H2,1-3H3,(H,13,14)/t8-,9-/m0/s1. The van der Waals surface area contributed by atoms with Crippen LogP contribution in [0, 0.1) is 11.8 Å². The van der Waals surface area contributed by atoms with E-state index >= 15 is 0 Å². The summed E-state index contributed by atoms with van der Waals surface area (Å²) in [6.45, 7) is 5.65. The molecule has 0 aromatic heterocycles. The second kappa shape index (κ2) is 3.54. The maximum atomic E-state index is 11.5. The molecule has 0 heterocycles. The summed E-state index contributed by atoms with van der Waals surface area (Å²) in [5, 5.41) is 2.95. The Kier molecular flexibility index (Phi) is 2.49. The first-order valence-corrected chi connectivity index (χ1v) is 5.62. The zero-order valence-corrected chi connectivity index (χ0v) is 9.62. The number of carbonyl (C=O) groups is 1. The van der Waals surface area contributed by atoms with Gasteiger partial charge in [-0.3, -0.25) is 0 Å². The van der Waals surface area contributed by atoms with Crippen molar-refractivity contribution in [2.75, 3.05) is 0 Å². The fourth-order valence-corrected chi connectivity index (χ4v) is 2.25. The van der Waals surface area contributed by atoms with E-state index in [0.29, 0.717) is 17.9 Å². The van der Waals surface area contributed by atoms with Gasteiger partial charge in [0.1, 0.15) is 5.60 Å². The molecule has 0 saturated heterocycles. The highest BCUT2D eigenvalue weighted by Crippen LogP contribution is 2.47. The Balaban J connectivity index is 1.78. The molecule has 15 heavy (non-hydrogen) atoms. The lowest BCUT2D eigenvalue weighted by molar-refractivity contribution is 0.0519. The maximum absolute atomic E-state index is 11.5. The van der Waals surface area contributed by atoms with Crippen molar-refractivity contribution >= 4 is 6.09 Å². The molecular weight excluding hydrogens is 190 g/mol. The molecule has 0 unspecified atom stereocenters. The van der Waals surface area contributed by atoms with Gasteiger partial charge in [0.15, 0.2) is 0 Å². The van der Waals surface area contributed by atoms with E-state index in [-0.39, 0.29) is 6.09 Å². The van der Waals surface area contributed by atoms with Crippen molar-refractivity contribution in [3.63, 3.8) is 0 Å². The van der Waals surface area contributed by atoms with E-state index < -0.39 is 5.60 Å². The molecule has 2 atom stereocenters. The highest BCUT2D eigenvalue weighted by Gasteiger charge is 2.50. The Labute approximate surface area is 90.9 Å². The normalized spacial score (nSPS) is 33.1. The average Bonchev–Trinajstić information content (AvgIpc) is 2.76. The Hall–Kier alpha value is -0.990. The van der Waals surface area contributed by atoms with Gasteiger partial charge in [0.05, 0.1) is 0 Å². The minimum Gasteiger partial charge on any atom is -0.444 e. The third-order valence-electron chi connectivity index (χ3n) is 3.00. The number of hydrogen-bond donors (Lipinski definition) is 1. The Bertz CT molecular complexity index is 276. The highest BCUT2D eigenvalue weighted by atomic mass is 16.6. The smallest absolute Gasteiger partial charge is 0.407 e. The number of alkyl carbamates (subject to hydrolysis) is 1. The molecule has 0 radical (unpaired) electrons. The predicted molar refractivity (Wildman–Crippen MR) is 58.5 cm³/mol. The minimum atomic E-state index is -0.400. The van der Waals surface area contributed by atoms with Crippen molar-refractivity contribution in [2.45, 2.75) is 45.3 Å². The quantitative estimate of drug-likeness (QED) is 0.674. The summed E-state index contributed by atoms with van der Waals surface area (Å²) in [5.41, 5.74) is -0.400. The molecule has 3 nitrogen and oxygen atoms in total. The Morgan fingerprint density at radius 2 is 1.80 bits per heavy atom. The molecule has 1 N–H and O–H groups in total. The lowest BCUT2D eigenvalue weighted by Gasteiger charge is -2.19. The van der Waals surface area contributed by atoms with Crippen LogP contribution in [0.1, 0.15) is 33.6 Å². The zero-order chi connectivity index (χ0) is 11.1. The third kappa shape index (κ3) is 2.52. The molecule has 2 aliphatic carbocycles. The number of ether oxygens (including phenoxy) is 1. The summed E-state index contributed by atoms with van der Waals surface area (Å²) >= 11 is 0. The lowest BCUT2D eigenvalue weighted by atomic mass is 10.1. The van der Waals surface area contributed by atoms with E-state index in [9.17, 15) is 4.79 Å². The highest BCUT2D eigenvalue weighted by molar-refractivity contribution is 5.68. The number of fused-ring (bicyclic) bond motifs is 1. The van der Waals surface area contributed by atoms with Gasteiger partial charge in [-0.25, -0.2) is 4.79 Å². The van der Waals surface area contributed by atoms with Gasteiger partial charge in [0.2, 0.25) is 0 Å². The van der Waals surface area contributed by atoms with Crippen LogP contribution < -0.4 is 5.32 Å². The van der Waals surface area contributed by atoms with Gasteiger partial charge < -0.3 is 10.1 Å². The van der Waals surface area contributed by atoms with Crippen molar-refractivity contribution in [1.29, 1.82) is 0 Å². The summed E-state index contributed by atoms with van der Waals surface area (Å²) in [4.78, 5) is 11.5. The second-order valence-electron chi connectivity index (χ2n) is 5.44. The number of nitrogens with one attached hydrogen (secondary N) is 1. The molecule has 1 amide bonds. The van der Waals surface area contributed by atoms with E-state index in [0.717, 1.165) is 12.8 Å². The van der Waals surface area contributed by atoms with Crippen LogP contribution in [-0.4, -0.2) is 17.7 Å². The third-order valence-corrected chi connectivity index (χ3v) is 3.00. The van der Waals surface area contributed by atoms with Crippen molar-refractivity contribution in [1.82, 2.24) is 5.32 Å². The van der Waals surface area contributed by atoms with Crippen LogP contribution in [0.5, 0.6) is 0 Å². The molecule has 0 aromatic carbocycles. The molecule has 3 heteroatoms. The average molecular weight is 209 g/mol. The summed E-state index contributed by atoms with van der Waals surface area (Å²) in [5.74, 6) is 1.31. The van der Waals surface area contributed by atoms with Gasteiger partial charge >= 0.3 is 6.09 Å². The summed E-state index contributed by atoms with van der Waals surface area (Å²) in [7, 11) is 0. The van der Waals surface area contributed by atoms with Crippen LogP contribution in [0.15, 0.2) is 12.2 Å². The first-order valence-electron chi connectivity index (χ1n) is 5.62. The number of allylic oxidation sites excluding steroid dienone is 2. The SMILES string of the molecule is CC(C)(C)OC(=O)NC1[C@H]2CC=CC[C@H]12. The minimum absolute atomic E-state index is 0.276. The van der Waals surface area contributed by atoms with E-state index in [1.54, 1.807) is 0 Å². The molecule has 1 saturated carbocycles. The summed E-state index contributed by atoms with van der Waals surface area (Å²) in [6.07, 6.45) is 6.34. The van der Waals surface area contributed by atoms with Crippen molar-refractivity contribution in [3.8, 4) is 0 Å². The molecule has 0 bridgehead atoms. The maximum Gasteiger partial charge on any atom is 0.407 e. The van der Waals surface area contributed by atoms with E-state index in [4.69, 9.17) is 4.74 Å². The van der Waals surface area contributed by atoms with Crippen LogP contribution in [0.3, 0.4) is 0 Å². The topological polar surface area (TPSA) is 38.3 Å². The van der Waals surface area contributed by atoms with Crippen LogP contribution in [0.4, 0.5) is 4.79 Å². The first kappa shape index (κ1) is 10.5. The van der Waals surface area contributed by atoms with Gasteiger partial charge in [0.25, 0.3) is 0 Å². The zero-order valence-electron chi connectivity index (χ0n) is 9.62. The molecular formula is C12H19NO2. The van der Waals surface area contributed by atoms with Crippen LogP contribution in [-0.2, 0) is 4.74 Å². The van der Waals surface area contributed by atoms with Crippen molar-refractivity contribution in [2.24, 2.45) is 11.8 Å². The van der Waals surface area contributed by atoms with Gasteiger partial charge in [-0.15, -0.1) is 0 Å². The number of amides is 1. The number of carbonyl (C=O) groups excluding carboxylic acids is 1. The molecule has 84 valence electrons. The van der Waals surface area contributed by atoms with E-state index in [1.807, 2.05) is 20.8 Å². The predicted octanol–water partition coefficient (Wildman–Crippen LogP) is 2.48. The molecule has 0 aromatic rings. The Morgan fingerprint density at radius 3 is 2.27 bits per heavy atom. The Morgan fingerprint density at radius 1 is 1.27 bits per heavy atom. The van der Waals surface area contributed by atoms with E-state index in [1.165, 1.54) is 0 Å². The number of rotatable bonds is 1.